The van der Waals surface area contributed by atoms with E-state index in [0.29, 0.717) is 17.8 Å². The zero-order valence-electron chi connectivity index (χ0n) is 10.6. The summed E-state index contributed by atoms with van der Waals surface area (Å²) in [7, 11) is 0. The van der Waals surface area contributed by atoms with Gasteiger partial charge in [-0.2, -0.15) is 0 Å². The average molecular weight is 287 g/mol. The van der Waals surface area contributed by atoms with Crippen molar-refractivity contribution in [3.05, 3.63) is 54.3 Å². The molecule has 0 unspecified atom stereocenters. The second-order valence-electron chi connectivity index (χ2n) is 3.92. The number of esters is 1. The number of hydrogen-bond acceptors (Lipinski definition) is 5. The Balaban J connectivity index is 2.12. The largest absolute Gasteiger partial charge is 0.478 e. The van der Waals surface area contributed by atoms with E-state index in [1.165, 1.54) is 0 Å². The van der Waals surface area contributed by atoms with E-state index in [-0.39, 0.29) is 0 Å². The molecule has 7 heteroatoms. The maximum atomic E-state index is 12.0. The number of nitrogens with zero attached hydrogens (tertiary/aromatic N) is 1. The summed E-state index contributed by atoms with van der Waals surface area (Å²) in [5.74, 6) is -4.27. The van der Waals surface area contributed by atoms with Crippen molar-refractivity contribution in [2.75, 3.05) is 4.90 Å². The number of carboxylic acid groups (broad SMARTS) is 1. The standard InChI is InChI=1S/C14H9NO6/c16-11-8-10(21-13(19)7-6-12(17)18)14(20)15(11)9-4-2-1-3-5-9/h1-8H,(H,17,18)/b7-6-. The molecule has 0 aromatic heterocycles. The van der Waals surface area contributed by atoms with E-state index in [0.717, 1.165) is 11.0 Å². The van der Waals surface area contributed by atoms with E-state index < -0.39 is 29.5 Å². The van der Waals surface area contributed by atoms with Gasteiger partial charge in [-0.3, -0.25) is 9.59 Å². The number of anilines is 1. The first-order valence-corrected chi connectivity index (χ1v) is 5.77. The molecular formula is C14H9NO6. The quantitative estimate of drug-likeness (QED) is 0.495. The second kappa shape index (κ2) is 5.83. The van der Waals surface area contributed by atoms with Gasteiger partial charge in [-0.25, -0.2) is 14.5 Å². The van der Waals surface area contributed by atoms with Crippen LogP contribution in [0.4, 0.5) is 5.69 Å². The summed E-state index contributed by atoms with van der Waals surface area (Å²) >= 11 is 0. The first-order valence-electron chi connectivity index (χ1n) is 5.77. The van der Waals surface area contributed by atoms with Crippen LogP contribution in [0.15, 0.2) is 54.3 Å². The summed E-state index contributed by atoms with van der Waals surface area (Å²) in [5, 5.41) is 8.37. The molecule has 0 saturated heterocycles. The van der Waals surface area contributed by atoms with Crippen molar-refractivity contribution in [3.8, 4) is 0 Å². The van der Waals surface area contributed by atoms with E-state index >= 15 is 0 Å². The number of hydrogen-bond donors (Lipinski definition) is 1. The molecule has 2 amide bonds. The highest BCUT2D eigenvalue weighted by Crippen LogP contribution is 2.22. The van der Waals surface area contributed by atoms with Crippen molar-refractivity contribution < 1.29 is 29.0 Å². The molecule has 1 heterocycles. The molecule has 21 heavy (non-hydrogen) atoms. The monoisotopic (exact) mass is 287 g/mol. The number of imide groups is 1. The van der Waals surface area contributed by atoms with Crippen LogP contribution in [-0.2, 0) is 23.9 Å². The van der Waals surface area contributed by atoms with E-state index in [9.17, 15) is 19.2 Å². The Labute approximate surface area is 118 Å². The van der Waals surface area contributed by atoms with Gasteiger partial charge in [0.2, 0.25) is 5.76 Å². The molecule has 1 aliphatic rings. The molecule has 0 atom stereocenters. The number of benzene rings is 1. The van der Waals surface area contributed by atoms with E-state index in [1.807, 2.05) is 0 Å². The molecule has 0 aliphatic carbocycles. The molecule has 1 aromatic carbocycles. The Hall–Kier alpha value is -3.22. The highest BCUT2D eigenvalue weighted by molar-refractivity contribution is 6.30. The van der Waals surface area contributed by atoms with Gasteiger partial charge >= 0.3 is 17.8 Å². The van der Waals surface area contributed by atoms with Gasteiger partial charge in [0.05, 0.1) is 11.8 Å². The van der Waals surface area contributed by atoms with Crippen LogP contribution in [0.3, 0.4) is 0 Å². The van der Waals surface area contributed by atoms with Gasteiger partial charge in [0.25, 0.3) is 5.91 Å². The fraction of sp³-hybridized carbons (Fsp3) is 0. The van der Waals surface area contributed by atoms with E-state index in [4.69, 9.17) is 5.11 Å². The summed E-state index contributed by atoms with van der Waals surface area (Å²) in [6, 6.07) is 8.13. The highest BCUT2D eigenvalue weighted by atomic mass is 16.5. The lowest BCUT2D eigenvalue weighted by atomic mass is 10.3. The lowest BCUT2D eigenvalue weighted by Crippen LogP contribution is -2.31. The van der Waals surface area contributed by atoms with Gasteiger partial charge in [-0.15, -0.1) is 0 Å². The summed E-state index contributed by atoms with van der Waals surface area (Å²) in [6.45, 7) is 0. The Morgan fingerprint density at radius 2 is 1.76 bits per heavy atom. The molecule has 0 saturated carbocycles. The number of aliphatic carboxylic acids is 1. The molecule has 1 aromatic rings. The Kier molecular flexibility index (Phi) is 3.94. The molecule has 0 radical (unpaired) electrons. The minimum Gasteiger partial charge on any atom is -0.478 e. The summed E-state index contributed by atoms with van der Waals surface area (Å²) in [5.41, 5.74) is 0.343. The number of para-hydroxylation sites is 1. The van der Waals surface area contributed by atoms with Gasteiger partial charge in [-0.05, 0) is 12.1 Å². The van der Waals surface area contributed by atoms with Crippen LogP contribution in [0.25, 0.3) is 0 Å². The Morgan fingerprint density at radius 3 is 2.38 bits per heavy atom. The topological polar surface area (TPSA) is 101 Å². The van der Waals surface area contributed by atoms with Crippen LogP contribution >= 0.6 is 0 Å². The SMILES string of the molecule is O=C(O)/C=C\C(=O)OC1=CC(=O)N(c2ccccc2)C1=O. The maximum Gasteiger partial charge on any atom is 0.336 e. The zero-order chi connectivity index (χ0) is 15.4. The van der Waals surface area contributed by atoms with Gasteiger partial charge in [0.15, 0.2) is 0 Å². The van der Waals surface area contributed by atoms with Gasteiger partial charge in [0.1, 0.15) is 0 Å². The van der Waals surface area contributed by atoms with E-state index in [1.54, 1.807) is 30.3 Å². The minimum atomic E-state index is -1.33. The molecule has 1 aliphatic heterocycles. The van der Waals surface area contributed by atoms with Crippen molar-refractivity contribution in [1.82, 2.24) is 0 Å². The van der Waals surface area contributed by atoms with Crippen LogP contribution in [0.5, 0.6) is 0 Å². The van der Waals surface area contributed by atoms with Crippen LogP contribution in [0, 0.1) is 0 Å². The van der Waals surface area contributed by atoms with Gasteiger partial charge < -0.3 is 9.84 Å². The van der Waals surface area contributed by atoms with Gasteiger partial charge in [0, 0.05) is 12.2 Å². The summed E-state index contributed by atoms with van der Waals surface area (Å²) in [4.78, 5) is 46.2. The number of carboxylic acids is 1. The number of carbonyl (C=O) groups excluding carboxylic acids is 3. The normalized spacial score (nSPS) is 14.5. The van der Waals surface area contributed by atoms with Crippen molar-refractivity contribution in [3.63, 3.8) is 0 Å². The lowest BCUT2D eigenvalue weighted by Gasteiger charge is -2.13. The third-order valence-electron chi connectivity index (χ3n) is 2.48. The van der Waals surface area contributed by atoms with E-state index in [2.05, 4.69) is 4.74 Å². The third kappa shape index (κ3) is 3.21. The molecular weight excluding hydrogens is 278 g/mol. The maximum absolute atomic E-state index is 12.0. The summed E-state index contributed by atoms with van der Waals surface area (Å²) in [6.07, 6.45) is 2.09. The minimum absolute atomic E-state index is 0.343. The molecule has 7 nitrogen and oxygen atoms in total. The zero-order valence-corrected chi connectivity index (χ0v) is 10.6. The number of amides is 2. The smallest absolute Gasteiger partial charge is 0.336 e. The molecule has 0 bridgehead atoms. The Bertz CT molecular complexity index is 674. The highest BCUT2D eigenvalue weighted by Gasteiger charge is 2.34. The first kappa shape index (κ1) is 14.2. The molecule has 0 spiro atoms. The second-order valence-corrected chi connectivity index (χ2v) is 3.92. The Morgan fingerprint density at radius 1 is 1.10 bits per heavy atom. The number of carbonyl (C=O) groups is 4. The van der Waals surface area contributed by atoms with Crippen LogP contribution in [0.2, 0.25) is 0 Å². The summed E-state index contributed by atoms with van der Waals surface area (Å²) < 4.78 is 4.66. The average Bonchev–Trinajstić information content (AvgIpc) is 2.72. The van der Waals surface area contributed by atoms with Crippen LogP contribution < -0.4 is 4.90 Å². The van der Waals surface area contributed by atoms with Crippen molar-refractivity contribution in [1.29, 1.82) is 0 Å². The molecule has 0 fully saturated rings. The van der Waals surface area contributed by atoms with Crippen molar-refractivity contribution in [2.45, 2.75) is 0 Å². The molecule has 106 valence electrons. The fourth-order valence-electron chi connectivity index (χ4n) is 1.63. The van der Waals surface area contributed by atoms with Gasteiger partial charge in [-0.1, -0.05) is 18.2 Å². The predicted octanol–water partition coefficient (Wildman–Crippen LogP) is 0.628. The van der Waals surface area contributed by atoms with Crippen molar-refractivity contribution >= 4 is 29.4 Å². The molecule has 1 N–H and O–H groups in total. The van der Waals surface area contributed by atoms with Crippen LogP contribution in [0.1, 0.15) is 0 Å². The fourth-order valence-corrected chi connectivity index (χ4v) is 1.63. The predicted molar refractivity (Wildman–Crippen MR) is 69.9 cm³/mol. The first-order chi connectivity index (χ1) is 9.99. The number of rotatable bonds is 4. The molecule has 2 rings (SSSR count). The number of ether oxygens (including phenoxy) is 1. The van der Waals surface area contributed by atoms with Crippen LogP contribution in [-0.4, -0.2) is 28.9 Å². The van der Waals surface area contributed by atoms with Crippen molar-refractivity contribution in [2.24, 2.45) is 0 Å². The third-order valence-corrected chi connectivity index (χ3v) is 2.48. The lowest BCUT2D eigenvalue weighted by molar-refractivity contribution is -0.138.